The van der Waals surface area contributed by atoms with Gasteiger partial charge in [0.05, 0.1) is 29.7 Å². The van der Waals surface area contributed by atoms with Crippen molar-refractivity contribution in [3.05, 3.63) is 93.8 Å². The van der Waals surface area contributed by atoms with Crippen molar-refractivity contribution in [2.45, 2.75) is 39.0 Å². The number of nitrogens with two attached hydrogens (primary N) is 1. The van der Waals surface area contributed by atoms with Crippen molar-refractivity contribution < 1.29 is 23.7 Å². The number of carbonyl (C=O) groups excluding carboxylic acids is 1. The summed E-state index contributed by atoms with van der Waals surface area (Å²) in [6, 6.07) is 19.4. The highest BCUT2D eigenvalue weighted by molar-refractivity contribution is 6.33. The van der Waals surface area contributed by atoms with Gasteiger partial charge in [-0.15, -0.1) is 0 Å². The van der Waals surface area contributed by atoms with Crippen molar-refractivity contribution >= 4 is 17.6 Å². The zero-order valence-corrected chi connectivity index (χ0v) is 22.1. The van der Waals surface area contributed by atoms with Crippen LogP contribution in [0, 0.1) is 11.3 Å². The van der Waals surface area contributed by atoms with E-state index in [2.05, 4.69) is 13.0 Å². The smallest absolute Gasteiger partial charge is 0.345 e. The predicted molar refractivity (Wildman–Crippen MR) is 145 cm³/mol. The Morgan fingerprint density at radius 1 is 1.05 bits per heavy atom. The number of halogens is 1. The van der Waals surface area contributed by atoms with Crippen LogP contribution >= 0.6 is 11.6 Å². The zero-order valence-electron chi connectivity index (χ0n) is 21.3. The Kier molecular flexibility index (Phi) is 8.77. The molecular weight excluding hydrogens is 504 g/mol. The molecule has 0 aliphatic carbocycles. The van der Waals surface area contributed by atoms with Crippen LogP contribution < -0.4 is 24.7 Å². The first-order valence-electron chi connectivity index (χ1n) is 12.5. The van der Waals surface area contributed by atoms with E-state index in [1.807, 2.05) is 25.1 Å². The van der Waals surface area contributed by atoms with Crippen LogP contribution in [0.4, 0.5) is 0 Å². The molecule has 0 amide bonds. The number of hydrogen-bond donors (Lipinski definition) is 1. The third-order valence-electron chi connectivity index (χ3n) is 6.10. The van der Waals surface area contributed by atoms with Gasteiger partial charge in [-0.25, -0.2) is 4.79 Å². The number of nitriles is 1. The maximum Gasteiger partial charge on any atom is 0.345 e. The van der Waals surface area contributed by atoms with Gasteiger partial charge in [-0.05, 0) is 49.2 Å². The molecule has 196 valence electrons. The average Bonchev–Trinajstić information content (AvgIpc) is 2.91. The molecule has 0 fully saturated rings. The Morgan fingerprint density at radius 3 is 2.61 bits per heavy atom. The van der Waals surface area contributed by atoms with E-state index in [1.165, 1.54) is 0 Å². The van der Waals surface area contributed by atoms with E-state index in [4.69, 9.17) is 36.3 Å². The number of nitrogens with zero attached hydrogens (tertiary/aromatic N) is 1. The Morgan fingerprint density at radius 2 is 1.87 bits per heavy atom. The fourth-order valence-electron chi connectivity index (χ4n) is 4.26. The lowest BCUT2D eigenvalue weighted by molar-refractivity contribution is 0.0734. The number of carbonyl (C=O) groups is 1. The van der Waals surface area contributed by atoms with Gasteiger partial charge in [0.2, 0.25) is 5.88 Å². The highest BCUT2D eigenvalue weighted by Gasteiger charge is 2.32. The van der Waals surface area contributed by atoms with Gasteiger partial charge in [0.1, 0.15) is 23.1 Å². The van der Waals surface area contributed by atoms with Crippen LogP contribution in [0.5, 0.6) is 23.0 Å². The molecule has 0 bridgehead atoms. The molecule has 1 heterocycles. The Balaban J connectivity index is 1.66. The molecule has 4 rings (SSSR count). The van der Waals surface area contributed by atoms with Crippen molar-refractivity contribution in [1.82, 2.24) is 0 Å². The summed E-state index contributed by atoms with van der Waals surface area (Å²) < 4.78 is 23.1. The Bertz CT molecular complexity index is 1400. The van der Waals surface area contributed by atoms with E-state index in [0.29, 0.717) is 41.0 Å². The molecule has 0 saturated carbocycles. The predicted octanol–water partition coefficient (Wildman–Crippen LogP) is 6.75. The molecule has 1 unspecified atom stereocenters. The summed E-state index contributed by atoms with van der Waals surface area (Å²) in [5.41, 5.74) is 8.18. The maximum absolute atomic E-state index is 12.6. The molecule has 0 spiro atoms. The molecular formula is C30H29ClN2O5. The minimum absolute atomic E-state index is 0.0163. The molecule has 38 heavy (non-hydrogen) atoms. The first-order valence-corrected chi connectivity index (χ1v) is 12.9. The third kappa shape index (κ3) is 5.87. The van der Waals surface area contributed by atoms with Crippen molar-refractivity contribution in [3.63, 3.8) is 0 Å². The van der Waals surface area contributed by atoms with Crippen molar-refractivity contribution in [2.24, 2.45) is 5.73 Å². The summed E-state index contributed by atoms with van der Waals surface area (Å²) in [5.74, 6) is 0.759. The van der Waals surface area contributed by atoms with Crippen LogP contribution in [0.1, 0.15) is 60.5 Å². The summed E-state index contributed by atoms with van der Waals surface area (Å²) in [5, 5.41) is 10.2. The lowest BCUT2D eigenvalue weighted by atomic mass is 9.83. The first-order chi connectivity index (χ1) is 18.5. The average molecular weight is 533 g/mol. The molecule has 1 atom stereocenters. The van der Waals surface area contributed by atoms with E-state index in [1.54, 1.807) is 42.5 Å². The number of unbranched alkanes of at least 4 members (excludes halogenated alkanes) is 2. The largest absolute Gasteiger partial charge is 0.490 e. The van der Waals surface area contributed by atoms with Gasteiger partial charge in [-0.3, -0.25) is 0 Å². The van der Waals surface area contributed by atoms with Crippen LogP contribution in [-0.2, 0) is 0 Å². The molecule has 1 aliphatic rings. The maximum atomic E-state index is 12.6. The molecule has 3 aromatic carbocycles. The summed E-state index contributed by atoms with van der Waals surface area (Å²) >= 11 is 6.13. The van der Waals surface area contributed by atoms with Gasteiger partial charge in [0, 0.05) is 11.6 Å². The van der Waals surface area contributed by atoms with Gasteiger partial charge >= 0.3 is 5.97 Å². The normalized spacial score (nSPS) is 14.2. The fourth-order valence-corrected chi connectivity index (χ4v) is 4.47. The van der Waals surface area contributed by atoms with Crippen LogP contribution in [0.2, 0.25) is 5.02 Å². The van der Waals surface area contributed by atoms with E-state index >= 15 is 0 Å². The minimum atomic E-state index is -0.597. The number of rotatable bonds is 10. The van der Waals surface area contributed by atoms with Crippen LogP contribution in [-0.4, -0.2) is 19.2 Å². The summed E-state index contributed by atoms with van der Waals surface area (Å²) in [4.78, 5) is 12.6. The number of fused-ring (bicyclic) bond motifs is 1. The summed E-state index contributed by atoms with van der Waals surface area (Å²) in [6.45, 7) is 5.10. The molecule has 8 heteroatoms. The first kappa shape index (κ1) is 26.9. The second kappa shape index (κ2) is 12.4. The number of esters is 1. The SMILES string of the molecule is CCCCCOc1ccc(C2C(C#N)=C(N)Oc3cc(OC(=O)c4ccccc4Cl)ccc32)cc1OCC. The topological polar surface area (TPSA) is 104 Å². The van der Waals surface area contributed by atoms with E-state index in [0.717, 1.165) is 24.8 Å². The molecule has 0 saturated heterocycles. The van der Waals surface area contributed by atoms with Crippen LogP contribution in [0.3, 0.4) is 0 Å². The molecule has 0 radical (unpaired) electrons. The van der Waals surface area contributed by atoms with E-state index in [-0.39, 0.29) is 22.8 Å². The highest BCUT2D eigenvalue weighted by Crippen LogP contribution is 2.45. The number of hydrogen-bond acceptors (Lipinski definition) is 7. The van der Waals surface area contributed by atoms with E-state index < -0.39 is 11.9 Å². The standard InChI is InChI=1S/C30H29ClN2O5/c1-3-5-8-15-36-25-14-11-19(16-27(25)35-4-2)28-22-13-12-20(17-26(22)38-29(33)23(28)18-32)37-30(34)21-9-6-7-10-24(21)31/h6-7,9-14,16-17,28H,3-5,8,15,33H2,1-2H3. The molecule has 3 aromatic rings. The summed E-state index contributed by atoms with van der Waals surface area (Å²) in [7, 11) is 0. The quantitative estimate of drug-likeness (QED) is 0.175. The second-order valence-corrected chi connectivity index (χ2v) is 9.10. The lowest BCUT2D eigenvalue weighted by Gasteiger charge is -2.27. The van der Waals surface area contributed by atoms with Gasteiger partial charge in [-0.2, -0.15) is 5.26 Å². The fraction of sp³-hybridized carbons (Fsp3) is 0.267. The summed E-state index contributed by atoms with van der Waals surface area (Å²) in [6.07, 6.45) is 3.15. The lowest BCUT2D eigenvalue weighted by Crippen LogP contribution is -2.21. The van der Waals surface area contributed by atoms with Gasteiger partial charge in [-0.1, -0.05) is 55.6 Å². The Hall–Kier alpha value is -4.15. The van der Waals surface area contributed by atoms with Gasteiger partial charge in [0.25, 0.3) is 0 Å². The zero-order chi connectivity index (χ0) is 27.1. The molecule has 1 aliphatic heterocycles. The molecule has 7 nitrogen and oxygen atoms in total. The monoisotopic (exact) mass is 532 g/mol. The number of allylic oxidation sites excluding steroid dienone is 1. The van der Waals surface area contributed by atoms with Crippen LogP contribution in [0.25, 0.3) is 0 Å². The number of benzene rings is 3. The van der Waals surface area contributed by atoms with Gasteiger partial charge < -0.3 is 24.7 Å². The second-order valence-electron chi connectivity index (χ2n) is 8.69. The highest BCUT2D eigenvalue weighted by atomic mass is 35.5. The van der Waals surface area contributed by atoms with Crippen LogP contribution in [0.15, 0.2) is 72.1 Å². The number of ether oxygens (including phenoxy) is 4. The molecule has 0 aromatic heterocycles. The van der Waals surface area contributed by atoms with Crippen molar-refractivity contribution in [3.8, 4) is 29.1 Å². The Labute approximate surface area is 227 Å². The van der Waals surface area contributed by atoms with E-state index in [9.17, 15) is 10.1 Å². The van der Waals surface area contributed by atoms with Gasteiger partial charge in [0.15, 0.2) is 11.5 Å². The van der Waals surface area contributed by atoms with Crippen molar-refractivity contribution in [2.75, 3.05) is 13.2 Å². The molecule has 2 N–H and O–H groups in total. The minimum Gasteiger partial charge on any atom is -0.490 e. The third-order valence-corrected chi connectivity index (χ3v) is 6.43. The van der Waals surface area contributed by atoms with Crippen molar-refractivity contribution in [1.29, 1.82) is 5.26 Å².